The van der Waals surface area contributed by atoms with Gasteiger partial charge in [0.2, 0.25) is 5.95 Å². The van der Waals surface area contributed by atoms with Gasteiger partial charge in [-0.05, 0) is 18.2 Å². The maximum atomic E-state index is 13.9. The zero-order valence-electron chi connectivity index (χ0n) is 15.5. The monoisotopic (exact) mass is 420 g/mol. The van der Waals surface area contributed by atoms with Gasteiger partial charge in [-0.3, -0.25) is 9.36 Å². The third-order valence-electron chi connectivity index (χ3n) is 4.77. The van der Waals surface area contributed by atoms with Gasteiger partial charge in [0.05, 0.1) is 0 Å². The van der Waals surface area contributed by atoms with Crippen LogP contribution in [0.3, 0.4) is 0 Å². The summed E-state index contributed by atoms with van der Waals surface area (Å²) in [6, 6.07) is 4.78. The molecule has 2 aromatic heterocycles. The van der Waals surface area contributed by atoms with Gasteiger partial charge in [-0.25, -0.2) is 13.8 Å². The number of hydrogen-bond donors (Lipinski definition) is 1. The van der Waals surface area contributed by atoms with Gasteiger partial charge in [0.15, 0.2) is 23.1 Å². The topological polar surface area (TPSA) is 92.1 Å². The van der Waals surface area contributed by atoms with Crippen LogP contribution >= 0.6 is 0 Å². The first-order valence-electron chi connectivity index (χ1n) is 9.02. The Bertz CT molecular complexity index is 1100. The maximum Gasteiger partial charge on any atom is 0.294 e. The van der Waals surface area contributed by atoms with E-state index in [1.54, 1.807) is 0 Å². The van der Waals surface area contributed by atoms with E-state index < -0.39 is 34.1 Å². The number of aryl methyl sites for hydroxylation is 1. The van der Waals surface area contributed by atoms with Crippen molar-refractivity contribution in [2.45, 2.75) is 18.9 Å². The molecular formula is C19H18F2N4O3S. The van der Waals surface area contributed by atoms with Crippen molar-refractivity contribution in [1.29, 1.82) is 0 Å². The van der Waals surface area contributed by atoms with E-state index in [0.29, 0.717) is 28.5 Å². The van der Waals surface area contributed by atoms with Crippen LogP contribution in [0.4, 0.5) is 14.7 Å². The Morgan fingerprint density at radius 2 is 1.97 bits per heavy atom. The van der Waals surface area contributed by atoms with Crippen LogP contribution in [0.15, 0.2) is 35.3 Å². The molecular weight excluding hydrogens is 402 g/mol. The molecule has 7 nitrogen and oxygen atoms in total. The molecule has 0 amide bonds. The van der Waals surface area contributed by atoms with E-state index in [-0.39, 0.29) is 11.8 Å². The quantitative estimate of drug-likeness (QED) is 0.653. The molecule has 0 atom stereocenters. The summed E-state index contributed by atoms with van der Waals surface area (Å²) in [6.45, 7) is 0. The number of nitrogens with one attached hydrogen (secondary N) is 1. The Kier molecular flexibility index (Phi) is 5.37. The van der Waals surface area contributed by atoms with Gasteiger partial charge in [0.1, 0.15) is 17.2 Å². The summed E-state index contributed by atoms with van der Waals surface area (Å²) in [5.74, 6) is -1.05. The van der Waals surface area contributed by atoms with Crippen LogP contribution in [0.2, 0.25) is 0 Å². The minimum atomic E-state index is -0.906. The van der Waals surface area contributed by atoms with E-state index in [4.69, 9.17) is 4.74 Å². The van der Waals surface area contributed by atoms with Crippen molar-refractivity contribution in [3.05, 3.63) is 52.5 Å². The molecule has 0 unspecified atom stereocenters. The standard InChI is InChI=1S/C19H18F2N4O3S/c1-25-17-11(10-22-19(24-17)23-12-5-7-29(27)8-6-12)9-15(18(25)26)28-16-13(20)3-2-4-14(16)21/h2-4,9-10,12H,5-8H2,1H3,(H,22,23,24). The second-order valence-corrected chi connectivity index (χ2v) is 8.46. The molecule has 4 rings (SSSR count). The summed E-state index contributed by atoms with van der Waals surface area (Å²) < 4.78 is 45.7. The van der Waals surface area contributed by atoms with Crippen LogP contribution in [0.1, 0.15) is 12.8 Å². The Labute approximate surface area is 167 Å². The lowest BCUT2D eigenvalue weighted by atomic mass is 10.2. The molecule has 0 bridgehead atoms. The molecule has 3 heterocycles. The van der Waals surface area contributed by atoms with E-state index in [1.807, 2.05) is 0 Å². The average molecular weight is 420 g/mol. The van der Waals surface area contributed by atoms with Crippen molar-refractivity contribution < 1.29 is 18.1 Å². The van der Waals surface area contributed by atoms with E-state index in [0.717, 1.165) is 25.0 Å². The first-order valence-corrected chi connectivity index (χ1v) is 10.5. The highest BCUT2D eigenvalue weighted by Gasteiger charge is 2.22. The lowest BCUT2D eigenvalue weighted by Gasteiger charge is -2.25. The Morgan fingerprint density at radius 1 is 1.28 bits per heavy atom. The number of ether oxygens (including phenoxy) is 1. The summed E-state index contributed by atoms with van der Waals surface area (Å²) in [4.78, 5) is 21.3. The highest BCUT2D eigenvalue weighted by Crippen LogP contribution is 2.27. The number of halogens is 2. The number of rotatable bonds is 4. The lowest BCUT2D eigenvalue weighted by Crippen LogP contribution is -2.32. The van der Waals surface area contributed by atoms with Gasteiger partial charge in [0, 0.05) is 37.5 Å². The predicted molar refractivity (Wildman–Crippen MR) is 106 cm³/mol. The molecule has 1 N–H and O–H groups in total. The second kappa shape index (κ2) is 7.96. The summed E-state index contributed by atoms with van der Waals surface area (Å²) in [6.07, 6.45) is 3.03. The molecule has 0 radical (unpaired) electrons. The largest absolute Gasteiger partial charge is 0.616 e. The SMILES string of the molecule is Cn1c(=O)c(Oc2c(F)cccc2F)cc2cnc(NC3CC[S+]([O-])CC3)nc21. The third-order valence-corrected chi connectivity index (χ3v) is 6.15. The molecule has 1 saturated heterocycles. The van der Waals surface area contributed by atoms with Crippen molar-refractivity contribution in [2.75, 3.05) is 16.8 Å². The molecule has 1 aliphatic rings. The van der Waals surface area contributed by atoms with Gasteiger partial charge >= 0.3 is 0 Å². The smallest absolute Gasteiger partial charge is 0.294 e. The fraction of sp³-hybridized carbons (Fsp3) is 0.316. The van der Waals surface area contributed by atoms with Gasteiger partial charge in [-0.15, -0.1) is 0 Å². The highest BCUT2D eigenvalue weighted by molar-refractivity contribution is 7.91. The van der Waals surface area contributed by atoms with Crippen molar-refractivity contribution in [2.24, 2.45) is 7.05 Å². The normalized spacial score (nSPS) is 19.3. The lowest BCUT2D eigenvalue weighted by molar-refractivity contribution is 0.401. The van der Waals surface area contributed by atoms with Crippen LogP contribution in [0.5, 0.6) is 11.5 Å². The molecule has 0 aliphatic carbocycles. The number of pyridine rings is 1. The van der Waals surface area contributed by atoms with Gasteiger partial charge in [0.25, 0.3) is 5.56 Å². The fourth-order valence-corrected chi connectivity index (χ4v) is 4.47. The average Bonchev–Trinajstić information content (AvgIpc) is 2.70. The maximum absolute atomic E-state index is 13.9. The molecule has 1 aliphatic heterocycles. The van der Waals surface area contributed by atoms with Crippen molar-refractivity contribution in [1.82, 2.24) is 14.5 Å². The van der Waals surface area contributed by atoms with E-state index >= 15 is 0 Å². The molecule has 152 valence electrons. The number of para-hydroxylation sites is 1. The second-order valence-electron chi connectivity index (χ2n) is 6.76. The molecule has 3 aromatic rings. The minimum absolute atomic E-state index is 0.119. The predicted octanol–water partition coefficient (Wildman–Crippen LogP) is 2.72. The number of fused-ring (bicyclic) bond motifs is 1. The van der Waals surface area contributed by atoms with Crippen LogP contribution in [0.25, 0.3) is 11.0 Å². The van der Waals surface area contributed by atoms with Crippen LogP contribution in [-0.2, 0) is 18.2 Å². The van der Waals surface area contributed by atoms with E-state index in [9.17, 15) is 18.1 Å². The van der Waals surface area contributed by atoms with Gasteiger partial charge in [-0.2, -0.15) is 4.98 Å². The van der Waals surface area contributed by atoms with E-state index in [1.165, 1.54) is 29.9 Å². The van der Waals surface area contributed by atoms with E-state index in [2.05, 4.69) is 15.3 Å². The van der Waals surface area contributed by atoms with Crippen molar-refractivity contribution in [3.63, 3.8) is 0 Å². The number of anilines is 1. The third kappa shape index (κ3) is 4.03. The number of benzene rings is 1. The number of hydrogen-bond acceptors (Lipinski definition) is 6. The van der Waals surface area contributed by atoms with Gasteiger partial charge in [-0.1, -0.05) is 17.2 Å². The zero-order valence-corrected chi connectivity index (χ0v) is 16.3. The summed E-state index contributed by atoms with van der Waals surface area (Å²) in [7, 11) is 1.50. The molecule has 1 fully saturated rings. The molecule has 1 aromatic carbocycles. The van der Waals surface area contributed by atoms with Crippen LogP contribution in [-0.4, -0.2) is 36.6 Å². The van der Waals surface area contributed by atoms with Gasteiger partial charge < -0.3 is 14.6 Å². The van der Waals surface area contributed by atoms with Crippen LogP contribution in [0, 0.1) is 11.6 Å². The first-order chi connectivity index (χ1) is 13.9. The Morgan fingerprint density at radius 3 is 2.66 bits per heavy atom. The van der Waals surface area contributed by atoms with Crippen molar-refractivity contribution in [3.8, 4) is 11.5 Å². The Hall–Kier alpha value is -2.72. The molecule has 10 heteroatoms. The Balaban J connectivity index is 1.64. The molecule has 0 spiro atoms. The molecule has 0 saturated carbocycles. The minimum Gasteiger partial charge on any atom is -0.616 e. The summed E-state index contributed by atoms with van der Waals surface area (Å²) in [5, 5.41) is 3.69. The summed E-state index contributed by atoms with van der Waals surface area (Å²) >= 11 is -0.765. The zero-order chi connectivity index (χ0) is 20.5. The highest BCUT2D eigenvalue weighted by atomic mass is 32.2. The molecule has 29 heavy (non-hydrogen) atoms. The number of nitrogens with zero attached hydrogens (tertiary/aromatic N) is 3. The van der Waals surface area contributed by atoms with Crippen LogP contribution < -0.4 is 15.6 Å². The first kappa shape index (κ1) is 19.6. The fourth-order valence-electron chi connectivity index (χ4n) is 3.17. The van der Waals surface area contributed by atoms with Crippen molar-refractivity contribution >= 4 is 28.2 Å². The summed E-state index contributed by atoms with van der Waals surface area (Å²) in [5.41, 5.74) is -0.230. The number of aromatic nitrogens is 3.